The van der Waals surface area contributed by atoms with Gasteiger partial charge in [-0.1, -0.05) is 70.9 Å². The van der Waals surface area contributed by atoms with Crippen LogP contribution in [0.3, 0.4) is 0 Å². The van der Waals surface area contributed by atoms with Crippen LogP contribution in [-0.2, 0) is 9.53 Å². The lowest BCUT2D eigenvalue weighted by Crippen LogP contribution is -2.05. The summed E-state index contributed by atoms with van der Waals surface area (Å²) in [6, 6.07) is 0. The molecule has 0 saturated heterocycles. The van der Waals surface area contributed by atoms with Gasteiger partial charge in [0, 0.05) is 6.42 Å². The molecule has 0 aliphatic rings. The van der Waals surface area contributed by atoms with Gasteiger partial charge in [0.15, 0.2) is 0 Å². The monoisotopic (exact) mass is 296 g/mol. The average Bonchev–Trinajstić information content (AvgIpc) is 2.48. The van der Waals surface area contributed by atoms with E-state index in [0.29, 0.717) is 13.0 Å². The number of rotatable bonds is 15. The fourth-order valence-electron chi connectivity index (χ4n) is 2.20. The minimum absolute atomic E-state index is 0.0133. The first-order valence-electron chi connectivity index (χ1n) is 9.11. The van der Waals surface area contributed by atoms with Gasteiger partial charge in [0.1, 0.15) is 0 Å². The number of allylic oxidation sites excluding steroid dienone is 2. The highest BCUT2D eigenvalue weighted by atomic mass is 16.5. The van der Waals surface area contributed by atoms with Gasteiger partial charge in [0.05, 0.1) is 6.61 Å². The SMILES string of the molecule is CCCCC=CCCCCCCCCC(=O)OCCCC. The maximum Gasteiger partial charge on any atom is 0.305 e. The molecule has 2 heteroatoms. The molecule has 21 heavy (non-hydrogen) atoms. The Morgan fingerprint density at radius 3 is 2.00 bits per heavy atom. The first-order chi connectivity index (χ1) is 10.3. The predicted molar refractivity (Wildman–Crippen MR) is 91.5 cm³/mol. The zero-order valence-electron chi connectivity index (χ0n) is 14.4. The molecular formula is C19H36O2. The van der Waals surface area contributed by atoms with Gasteiger partial charge in [-0.25, -0.2) is 0 Å². The number of unbranched alkanes of at least 4 members (excludes halogenated alkanes) is 9. The number of esters is 1. The van der Waals surface area contributed by atoms with Crippen LogP contribution in [0.5, 0.6) is 0 Å². The Morgan fingerprint density at radius 2 is 1.33 bits per heavy atom. The molecule has 0 aromatic rings. The van der Waals surface area contributed by atoms with Crippen molar-refractivity contribution in [2.75, 3.05) is 6.61 Å². The second-order valence-electron chi connectivity index (χ2n) is 5.85. The Morgan fingerprint density at radius 1 is 0.762 bits per heavy atom. The van der Waals surface area contributed by atoms with E-state index in [0.717, 1.165) is 25.7 Å². The third-order valence-corrected chi connectivity index (χ3v) is 3.65. The minimum atomic E-state index is -0.0133. The molecule has 0 aromatic heterocycles. The molecule has 2 nitrogen and oxygen atoms in total. The van der Waals surface area contributed by atoms with Gasteiger partial charge in [0.25, 0.3) is 0 Å². The third-order valence-electron chi connectivity index (χ3n) is 3.65. The molecule has 124 valence electrons. The van der Waals surface area contributed by atoms with Crippen LogP contribution < -0.4 is 0 Å². The van der Waals surface area contributed by atoms with Crippen LogP contribution in [0.25, 0.3) is 0 Å². The lowest BCUT2D eigenvalue weighted by Gasteiger charge is -2.03. The van der Waals surface area contributed by atoms with Crippen molar-refractivity contribution in [3.05, 3.63) is 12.2 Å². The fourth-order valence-corrected chi connectivity index (χ4v) is 2.20. The van der Waals surface area contributed by atoms with Gasteiger partial charge in [-0.05, 0) is 32.1 Å². The molecule has 0 rings (SSSR count). The summed E-state index contributed by atoms with van der Waals surface area (Å²) in [6.07, 6.45) is 19.7. The van der Waals surface area contributed by atoms with Crippen LogP contribution in [0, 0.1) is 0 Å². The Kier molecular flexibility index (Phi) is 16.6. The van der Waals surface area contributed by atoms with Gasteiger partial charge < -0.3 is 4.74 Å². The van der Waals surface area contributed by atoms with Crippen LogP contribution >= 0.6 is 0 Å². The highest BCUT2D eigenvalue weighted by Gasteiger charge is 2.01. The first kappa shape index (κ1) is 20.2. The molecule has 0 saturated carbocycles. The molecule has 0 aliphatic carbocycles. The zero-order chi connectivity index (χ0) is 15.6. The molecule has 0 N–H and O–H groups in total. The van der Waals surface area contributed by atoms with Crippen LogP contribution in [0.2, 0.25) is 0 Å². The molecule has 0 amide bonds. The summed E-state index contributed by atoms with van der Waals surface area (Å²) >= 11 is 0. The molecule has 0 fully saturated rings. The van der Waals surface area contributed by atoms with Crippen LogP contribution in [0.1, 0.15) is 97.3 Å². The third kappa shape index (κ3) is 17.2. The predicted octanol–water partition coefficient (Wildman–Crippen LogP) is 6.20. The second-order valence-corrected chi connectivity index (χ2v) is 5.85. The molecular weight excluding hydrogens is 260 g/mol. The number of hydrogen-bond donors (Lipinski definition) is 0. The summed E-state index contributed by atoms with van der Waals surface area (Å²) in [6.45, 7) is 4.94. The van der Waals surface area contributed by atoms with Crippen molar-refractivity contribution in [2.45, 2.75) is 97.3 Å². The normalized spacial score (nSPS) is 11.1. The van der Waals surface area contributed by atoms with E-state index in [-0.39, 0.29) is 5.97 Å². The number of carbonyl (C=O) groups is 1. The maximum absolute atomic E-state index is 11.4. The van der Waals surface area contributed by atoms with Gasteiger partial charge in [0.2, 0.25) is 0 Å². The number of ether oxygens (including phenoxy) is 1. The van der Waals surface area contributed by atoms with Gasteiger partial charge in [-0.2, -0.15) is 0 Å². The molecule has 0 radical (unpaired) electrons. The van der Waals surface area contributed by atoms with Crippen molar-refractivity contribution in [3.8, 4) is 0 Å². The smallest absolute Gasteiger partial charge is 0.305 e. The molecule has 0 bridgehead atoms. The quantitative estimate of drug-likeness (QED) is 0.204. The van der Waals surface area contributed by atoms with Crippen LogP contribution in [0.4, 0.5) is 0 Å². The van der Waals surface area contributed by atoms with E-state index >= 15 is 0 Å². The van der Waals surface area contributed by atoms with Crippen molar-refractivity contribution in [3.63, 3.8) is 0 Å². The Balaban J connectivity index is 3.15. The van der Waals surface area contributed by atoms with Crippen molar-refractivity contribution in [1.29, 1.82) is 0 Å². The molecule has 0 unspecified atom stereocenters. The van der Waals surface area contributed by atoms with Gasteiger partial charge in [-0.3, -0.25) is 4.79 Å². The van der Waals surface area contributed by atoms with Crippen LogP contribution in [0.15, 0.2) is 12.2 Å². The lowest BCUT2D eigenvalue weighted by atomic mass is 10.1. The number of hydrogen-bond acceptors (Lipinski definition) is 2. The van der Waals surface area contributed by atoms with Gasteiger partial charge >= 0.3 is 5.97 Å². The molecule has 0 atom stereocenters. The van der Waals surface area contributed by atoms with Crippen molar-refractivity contribution in [2.24, 2.45) is 0 Å². The van der Waals surface area contributed by atoms with E-state index in [9.17, 15) is 4.79 Å². The Hall–Kier alpha value is -0.790. The first-order valence-corrected chi connectivity index (χ1v) is 9.11. The van der Waals surface area contributed by atoms with E-state index in [1.165, 1.54) is 51.4 Å². The standard InChI is InChI=1S/C19H36O2/c1-3-5-7-8-9-10-11-12-13-14-15-16-17-19(20)21-18-6-4-2/h8-9H,3-7,10-18H2,1-2H3. The van der Waals surface area contributed by atoms with E-state index in [1.807, 2.05) is 0 Å². The summed E-state index contributed by atoms with van der Waals surface area (Å²) in [5, 5.41) is 0. The second kappa shape index (κ2) is 17.3. The number of carbonyl (C=O) groups excluding carboxylic acids is 1. The maximum atomic E-state index is 11.4. The van der Waals surface area contributed by atoms with Gasteiger partial charge in [-0.15, -0.1) is 0 Å². The topological polar surface area (TPSA) is 26.3 Å². The average molecular weight is 296 g/mol. The van der Waals surface area contributed by atoms with Crippen molar-refractivity contribution >= 4 is 5.97 Å². The minimum Gasteiger partial charge on any atom is -0.466 e. The summed E-state index contributed by atoms with van der Waals surface area (Å²) < 4.78 is 5.14. The van der Waals surface area contributed by atoms with E-state index in [1.54, 1.807) is 0 Å². The fraction of sp³-hybridized carbons (Fsp3) is 0.842. The highest BCUT2D eigenvalue weighted by Crippen LogP contribution is 2.10. The Labute approximate surface area is 132 Å². The van der Waals surface area contributed by atoms with Crippen LogP contribution in [-0.4, -0.2) is 12.6 Å². The summed E-state index contributed by atoms with van der Waals surface area (Å²) in [4.78, 5) is 11.4. The van der Waals surface area contributed by atoms with Crippen molar-refractivity contribution in [1.82, 2.24) is 0 Å². The van der Waals surface area contributed by atoms with E-state index in [4.69, 9.17) is 4.74 Å². The summed E-state index contributed by atoms with van der Waals surface area (Å²) in [5.41, 5.74) is 0. The largest absolute Gasteiger partial charge is 0.466 e. The summed E-state index contributed by atoms with van der Waals surface area (Å²) in [7, 11) is 0. The van der Waals surface area contributed by atoms with Crippen molar-refractivity contribution < 1.29 is 9.53 Å². The molecule has 0 aliphatic heterocycles. The van der Waals surface area contributed by atoms with E-state index in [2.05, 4.69) is 26.0 Å². The zero-order valence-corrected chi connectivity index (χ0v) is 14.4. The van der Waals surface area contributed by atoms with E-state index < -0.39 is 0 Å². The Bertz CT molecular complexity index is 246. The molecule has 0 aromatic carbocycles. The summed E-state index contributed by atoms with van der Waals surface area (Å²) in [5.74, 6) is -0.0133. The highest BCUT2D eigenvalue weighted by molar-refractivity contribution is 5.69. The molecule has 0 heterocycles. The molecule has 0 spiro atoms. The lowest BCUT2D eigenvalue weighted by molar-refractivity contribution is -0.143.